The van der Waals surface area contributed by atoms with E-state index in [2.05, 4.69) is 5.32 Å². The molecule has 4 rings (SSSR count). The van der Waals surface area contributed by atoms with Crippen LogP contribution >= 0.6 is 0 Å². The van der Waals surface area contributed by atoms with E-state index in [4.69, 9.17) is 20.4 Å². The van der Waals surface area contributed by atoms with Gasteiger partial charge >= 0.3 is 5.97 Å². The van der Waals surface area contributed by atoms with Crippen molar-refractivity contribution in [2.45, 2.75) is 0 Å². The van der Waals surface area contributed by atoms with Gasteiger partial charge in [-0.05, 0) is 65.0 Å². The fourth-order valence-corrected chi connectivity index (χ4v) is 3.72. The summed E-state index contributed by atoms with van der Waals surface area (Å²) < 4.78 is 31.3. The normalized spacial score (nSPS) is 10.7. The Bertz CT molecular complexity index is 1620. The molecule has 0 aliphatic carbocycles. The second kappa shape index (κ2) is 11.5. The third-order valence-corrected chi connectivity index (χ3v) is 5.34. The Hall–Kier alpha value is -4.74. The monoisotopic (exact) mass is 535 g/mol. The molecule has 196 valence electrons. The molecule has 4 aromatic rings. The first kappa shape index (κ1) is 27.8. The molecule has 0 fully saturated rings. The number of fused-ring (bicyclic) bond motifs is 1. The number of carbonyl (C=O) groups is 2. The Morgan fingerprint density at radius 3 is 2.13 bits per heavy atom. The van der Waals surface area contributed by atoms with E-state index in [9.17, 15) is 23.1 Å². The van der Waals surface area contributed by atoms with E-state index >= 15 is 0 Å². The molecule has 0 heterocycles. The SMILES string of the molecule is COc1cccc2cc(C(=O)O)c(-c3ccccc3C(=O)Nc3ccc(C(=N)N)cc3)cc12.CS(=O)(=O)O. The molecular weight excluding hydrogens is 510 g/mol. The van der Waals surface area contributed by atoms with Gasteiger partial charge in [-0.1, -0.05) is 30.3 Å². The fourth-order valence-electron chi connectivity index (χ4n) is 3.72. The number of rotatable bonds is 6. The number of hydrogen-bond donors (Lipinski definition) is 5. The first-order valence-electron chi connectivity index (χ1n) is 11.0. The highest BCUT2D eigenvalue weighted by Crippen LogP contribution is 2.35. The van der Waals surface area contributed by atoms with Gasteiger partial charge in [0.2, 0.25) is 0 Å². The van der Waals surface area contributed by atoms with Crippen LogP contribution in [0.15, 0.2) is 78.9 Å². The predicted octanol–water partition coefficient (Wildman–Crippen LogP) is 4.25. The summed E-state index contributed by atoms with van der Waals surface area (Å²) in [5.41, 5.74) is 7.86. The molecule has 0 bridgehead atoms. The van der Waals surface area contributed by atoms with Crippen LogP contribution in [0.4, 0.5) is 5.69 Å². The van der Waals surface area contributed by atoms with Crippen molar-refractivity contribution in [1.82, 2.24) is 0 Å². The molecule has 6 N–H and O–H groups in total. The molecule has 0 saturated heterocycles. The Kier molecular flexibility index (Phi) is 8.46. The van der Waals surface area contributed by atoms with Crippen LogP contribution in [0.5, 0.6) is 5.75 Å². The van der Waals surface area contributed by atoms with Crippen LogP contribution in [-0.2, 0) is 10.1 Å². The van der Waals surface area contributed by atoms with Crippen molar-refractivity contribution in [3.8, 4) is 16.9 Å². The van der Waals surface area contributed by atoms with E-state index in [0.717, 1.165) is 10.8 Å². The predicted molar refractivity (Wildman–Crippen MR) is 146 cm³/mol. The van der Waals surface area contributed by atoms with Gasteiger partial charge in [0.1, 0.15) is 11.6 Å². The van der Waals surface area contributed by atoms with Crippen molar-refractivity contribution in [3.05, 3.63) is 95.6 Å². The highest BCUT2D eigenvalue weighted by molar-refractivity contribution is 7.85. The number of carbonyl (C=O) groups excluding carboxylic acids is 1. The zero-order valence-corrected chi connectivity index (χ0v) is 21.2. The maximum absolute atomic E-state index is 13.1. The van der Waals surface area contributed by atoms with Gasteiger partial charge in [-0.15, -0.1) is 0 Å². The van der Waals surface area contributed by atoms with E-state index < -0.39 is 22.0 Å². The number of carboxylic acid groups (broad SMARTS) is 1. The van der Waals surface area contributed by atoms with Crippen molar-refractivity contribution < 1.29 is 32.4 Å². The van der Waals surface area contributed by atoms with Crippen LogP contribution in [0.25, 0.3) is 21.9 Å². The summed E-state index contributed by atoms with van der Waals surface area (Å²) in [6.07, 6.45) is 0.715. The lowest BCUT2D eigenvalue weighted by atomic mass is 9.92. The zero-order chi connectivity index (χ0) is 28.0. The van der Waals surface area contributed by atoms with Crippen molar-refractivity contribution >= 4 is 44.3 Å². The second-order valence-electron chi connectivity index (χ2n) is 8.11. The highest BCUT2D eigenvalue weighted by Gasteiger charge is 2.20. The molecule has 0 aliphatic rings. The molecule has 0 radical (unpaired) electrons. The third kappa shape index (κ3) is 6.93. The number of aromatic carboxylic acids is 1. The molecule has 10 nitrogen and oxygen atoms in total. The Labute approximate surface area is 218 Å². The molecule has 38 heavy (non-hydrogen) atoms. The van der Waals surface area contributed by atoms with Crippen molar-refractivity contribution in [2.75, 3.05) is 18.7 Å². The van der Waals surface area contributed by atoms with E-state index in [1.807, 2.05) is 6.07 Å². The number of anilines is 1. The smallest absolute Gasteiger partial charge is 0.336 e. The van der Waals surface area contributed by atoms with Crippen molar-refractivity contribution in [2.24, 2.45) is 5.73 Å². The van der Waals surface area contributed by atoms with E-state index in [-0.39, 0.29) is 11.4 Å². The topological polar surface area (TPSA) is 180 Å². The Morgan fingerprint density at radius 1 is 0.921 bits per heavy atom. The number of nitrogens with two attached hydrogens (primary N) is 1. The molecule has 0 atom stereocenters. The van der Waals surface area contributed by atoms with Gasteiger partial charge in [-0.2, -0.15) is 8.42 Å². The molecule has 0 saturated carbocycles. The number of nitrogens with one attached hydrogen (secondary N) is 2. The first-order chi connectivity index (χ1) is 17.9. The average molecular weight is 536 g/mol. The van der Waals surface area contributed by atoms with E-state index in [1.165, 1.54) is 0 Å². The molecular formula is C27H25N3O7S. The van der Waals surface area contributed by atoms with Crippen molar-refractivity contribution in [3.63, 3.8) is 0 Å². The zero-order valence-electron chi connectivity index (χ0n) is 20.4. The van der Waals surface area contributed by atoms with Gasteiger partial charge in [0.05, 0.1) is 18.9 Å². The Balaban J connectivity index is 0.000000732. The summed E-state index contributed by atoms with van der Waals surface area (Å²) >= 11 is 0. The minimum absolute atomic E-state index is 0.0637. The molecule has 4 aromatic carbocycles. The van der Waals surface area contributed by atoms with Crippen LogP contribution in [0, 0.1) is 5.41 Å². The maximum Gasteiger partial charge on any atom is 0.336 e. The van der Waals surface area contributed by atoms with Crippen LogP contribution in [0.3, 0.4) is 0 Å². The minimum Gasteiger partial charge on any atom is -0.496 e. The highest BCUT2D eigenvalue weighted by atomic mass is 32.2. The minimum atomic E-state index is -3.67. The maximum atomic E-state index is 13.1. The second-order valence-corrected chi connectivity index (χ2v) is 9.57. The first-order valence-corrected chi connectivity index (χ1v) is 12.9. The molecule has 0 aromatic heterocycles. The fraction of sp³-hybridized carbons (Fsp3) is 0.0741. The van der Waals surface area contributed by atoms with Crippen LogP contribution in [0.2, 0.25) is 0 Å². The summed E-state index contributed by atoms with van der Waals surface area (Å²) in [4.78, 5) is 25.2. The third-order valence-electron chi connectivity index (χ3n) is 5.34. The van der Waals surface area contributed by atoms with Crippen LogP contribution < -0.4 is 15.8 Å². The van der Waals surface area contributed by atoms with E-state index in [1.54, 1.807) is 79.9 Å². The number of ether oxygens (including phenoxy) is 1. The number of benzene rings is 4. The Morgan fingerprint density at radius 2 is 1.55 bits per heavy atom. The van der Waals surface area contributed by atoms with Gasteiger partial charge in [-0.3, -0.25) is 14.8 Å². The van der Waals surface area contributed by atoms with Gasteiger partial charge in [0.15, 0.2) is 0 Å². The molecule has 1 amide bonds. The largest absolute Gasteiger partial charge is 0.496 e. The average Bonchev–Trinajstić information content (AvgIpc) is 2.86. The van der Waals surface area contributed by atoms with Crippen molar-refractivity contribution in [1.29, 1.82) is 5.41 Å². The lowest BCUT2D eigenvalue weighted by Gasteiger charge is -2.15. The van der Waals surface area contributed by atoms with Crippen LogP contribution in [0.1, 0.15) is 26.3 Å². The summed E-state index contributed by atoms with van der Waals surface area (Å²) in [5, 5.41) is 21.7. The number of hydrogen-bond acceptors (Lipinski definition) is 6. The number of amides is 1. The quantitative estimate of drug-likeness (QED) is 0.138. The number of methoxy groups -OCH3 is 1. The van der Waals surface area contributed by atoms with Gasteiger partial charge < -0.3 is 20.9 Å². The summed E-state index contributed by atoms with van der Waals surface area (Å²) in [5.74, 6) is -0.938. The standard InChI is InChI=1S/C26H21N3O4.CH4O3S/c1-33-23-8-4-5-16-13-22(26(31)32)21(14-20(16)23)18-6-2-3-7-19(18)25(30)29-17-11-9-15(10-12-17)24(27)28;1-5(2,3)4/h2-14H,1H3,(H3,27,28)(H,29,30)(H,31,32);1H3,(H,2,3,4). The summed E-state index contributed by atoms with van der Waals surface area (Å²) in [6.45, 7) is 0. The number of nitrogen functional groups attached to an aromatic ring is 1. The lowest BCUT2D eigenvalue weighted by molar-refractivity contribution is 0.0697. The summed E-state index contributed by atoms with van der Waals surface area (Å²) in [7, 11) is -2.11. The number of carboxylic acids is 1. The van der Waals surface area contributed by atoms with Gasteiger partial charge in [-0.25, -0.2) is 4.79 Å². The van der Waals surface area contributed by atoms with Crippen LogP contribution in [-0.4, -0.2) is 49.2 Å². The number of amidine groups is 1. The van der Waals surface area contributed by atoms with Gasteiger partial charge in [0.25, 0.3) is 16.0 Å². The molecule has 0 spiro atoms. The molecule has 0 unspecified atom stereocenters. The summed E-state index contributed by atoms with van der Waals surface area (Å²) in [6, 6.07) is 22.2. The van der Waals surface area contributed by atoms with Gasteiger partial charge in [0, 0.05) is 22.2 Å². The molecule has 11 heteroatoms. The lowest BCUT2D eigenvalue weighted by Crippen LogP contribution is -2.14. The van der Waals surface area contributed by atoms with E-state index in [0.29, 0.717) is 39.9 Å². The molecule has 0 aliphatic heterocycles.